The first-order valence-corrected chi connectivity index (χ1v) is 7.17. The maximum absolute atomic E-state index is 13.2. The first-order valence-electron chi connectivity index (χ1n) is 7.17. The molecule has 1 unspecified atom stereocenters. The third-order valence-corrected chi connectivity index (χ3v) is 3.59. The molecule has 0 saturated carbocycles. The lowest BCUT2D eigenvalue weighted by molar-refractivity contribution is 0.513. The monoisotopic (exact) mass is 271 g/mol. The van der Waals surface area contributed by atoms with Gasteiger partial charge < -0.3 is 5.32 Å². The van der Waals surface area contributed by atoms with E-state index in [4.69, 9.17) is 0 Å². The zero-order valence-electron chi connectivity index (χ0n) is 12.2. The van der Waals surface area contributed by atoms with Crippen LogP contribution in [0.1, 0.15) is 30.0 Å². The van der Waals surface area contributed by atoms with E-state index in [9.17, 15) is 4.39 Å². The Hall–Kier alpha value is -1.67. The van der Waals surface area contributed by atoms with E-state index in [1.165, 1.54) is 5.56 Å². The molecule has 0 aromatic heterocycles. The molecule has 0 heterocycles. The maximum Gasteiger partial charge on any atom is 0.126 e. The van der Waals surface area contributed by atoms with Gasteiger partial charge in [-0.1, -0.05) is 42.5 Å². The number of rotatable bonds is 6. The molecule has 106 valence electrons. The Morgan fingerprint density at radius 2 is 1.80 bits per heavy atom. The second kappa shape index (κ2) is 7.20. The van der Waals surface area contributed by atoms with E-state index < -0.39 is 0 Å². The summed E-state index contributed by atoms with van der Waals surface area (Å²) in [5.41, 5.74) is 3.22. The number of hydrogen-bond donors (Lipinski definition) is 1. The van der Waals surface area contributed by atoms with Crippen molar-refractivity contribution in [1.82, 2.24) is 5.32 Å². The van der Waals surface area contributed by atoms with Gasteiger partial charge in [0.1, 0.15) is 5.82 Å². The maximum atomic E-state index is 13.2. The fourth-order valence-corrected chi connectivity index (χ4v) is 2.24. The normalized spacial score (nSPS) is 12.3. The summed E-state index contributed by atoms with van der Waals surface area (Å²) < 4.78 is 13.2. The highest BCUT2D eigenvalue weighted by molar-refractivity contribution is 5.23. The molecule has 2 aromatic rings. The van der Waals surface area contributed by atoms with Gasteiger partial charge in [0.05, 0.1) is 0 Å². The molecule has 20 heavy (non-hydrogen) atoms. The first kappa shape index (κ1) is 14.7. The molecule has 0 aliphatic rings. The van der Waals surface area contributed by atoms with E-state index in [0.29, 0.717) is 11.6 Å². The van der Waals surface area contributed by atoms with Crippen molar-refractivity contribution >= 4 is 0 Å². The van der Waals surface area contributed by atoms with Gasteiger partial charge in [0.15, 0.2) is 0 Å². The van der Waals surface area contributed by atoms with Crippen molar-refractivity contribution in [2.75, 3.05) is 0 Å². The Kier molecular flexibility index (Phi) is 5.31. The molecule has 0 aliphatic heterocycles. The summed E-state index contributed by atoms with van der Waals surface area (Å²) in [6.07, 6.45) is 2.18. The first-order chi connectivity index (χ1) is 9.65. The Labute approximate surface area is 120 Å². The van der Waals surface area contributed by atoms with Crippen LogP contribution in [-0.2, 0) is 13.0 Å². The molecule has 0 bridgehead atoms. The molecule has 2 rings (SSSR count). The largest absolute Gasteiger partial charge is 0.310 e. The number of hydrogen-bond acceptors (Lipinski definition) is 1. The zero-order chi connectivity index (χ0) is 14.4. The molecular formula is C18H22FN. The molecule has 2 aromatic carbocycles. The lowest BCUT2D eigenvalue weighted by Crippen LogP contribution is -2.26. The minimum absolute atomic E-state index is 0.133. The van der Waals surface area contributed by atoms with Gasteiger partial charge in [-0.2, -0.15) is 0 Å². The SMILES string of the molecule is Cc1cc(CNC(C)CCc2ccccc2)ccc1F. The van der Waals surface area contributed by atoms with Crippen LogP contribution in [0.3, 0.4) is 0 Å². The third-order valence-electron chi connectivity index (χ3n) is 3.59. The Balaban J connectivity index is 1.77. The van der Waals surface area contributed by atoms with Crippen molar-refractivity contribution < 1.29 is 4.39 Å². The zero-order valence-corrected chi connectivity index (χ0v) is 12.2. The second-order valence-electron chi connectivity index (χ2n) is 5.39. The lowest BCUT2D eigenvalue weighted by atomic mass is 10.1. The summed E-state index contributed by atoms with van der Waals surface area (Å²) >= 11 is 0. The minimum Gasteiger partial charge on any atom is -0.310 e. The molecule has 0 aliphatic carbocycles. The summed E-state index contributed by atoms with van der Waals surface area (Å²) in [5, 5.41) is 3.49. The Bertz CT molecular complexity index is 536. The van der Waals surface area contributed by atoms with Crippen molar-refractivity contribution in [1.29, 1.82) is 0 Å². The predicted molar refractivity (Wildman–Crippen MR) is 82.2 cm³/mol. The Morgan fingerprint density at radius 1 is 1.05 bits per heavy atom. The fraction of sp³-hybridized carbons (Fsp3) is 0.333. The van der Waals surface area contributed by atoms with E-state index in [0.717, 1.165) is 24.9 Å². The highest BCUT2D eigenvalue weighted by Crippen LogP contribution is 2.10. The fourth-order valence-electron chi connectivity index (χ4n) is 2.24. The van der Waals surface area contributed by atoms with Gasteiger partial charge in [-0.25, -0.2) is 4.39 Å². The molecule has 0 spiro atoms. The van der Waals surface area contributed by atoms with Crippen LogP contribution < -0.4 is 5.32 Å². The van der Waals surface area contributed by atoms with Gasteiger partial charge in [-0.3, -0.25) is 0 Å². The number of benzene rings is 2. The smallest absolute Gasteiger partial charge is 0.126 e. The third kappa shape index (κ3) is 4.46. The highest BCUT2D eigenvalue weighted by Gasteiger charge is 2.04. The molecule has 1 atom stereocenters. The van der Waals surface area contributed by atoms with Crippen molar-refractivity contribution in [2.24, 2.45) is 0 Å². The van der Waals surface area contributed by atoms with Gasteiger partial charge in [0.25, 0.3) is 0 Å². The van der Waals surface area contributed by atoms with Gasteiger partial charge in [-0.15, -0.1) is 0 Å². The van der Waals surface area contributed by atoms with Crippen LogP contribution >= 0.6 is 0 Å². The van der Waals surface area contributed by atoms with Crippen molar-refractivity contribution in [3.63, 3.8) is 0 Å². The lowest BCUT2D eigenvalue weighted by Gasteiger charge is -2.14. The van der Waals surface area contributed by atoms with Gasteiger partial charge >= 0.3 is 0 Å². The summed E-state index contributed by atoms with van der Waals surface area (Å²) in [5.74, 6) is -0.133. The number of aryl methyl sites for hydroxylation is 2. The van der Waals surface area contributed by atoms with E-state index >= 15 is 0 Å². The molecule has 0 fully saturated rings. The predicted octanol–water partition coefficient (Wildman–Crippen LogP) is 4.25. The molecule has 0 amide bonds. The average molecular weight is 271 g/mol. The Morgan fingerprint density at radius 3 is 2.50 bits per heavy atom. The quantitative estimate of drug-likeness (QED) is 0.828. The van der Waals surface area contributed by atoms with Gasteiger partial charge in [0.2, 0.25) is 0 Å². The van der Waals surface area contributed by atoms with Gasteiger partial charge in [-0.05, 0) is 49.4 Å². The summed E-state index contributed by atoms with van der Waals surface area (Å²) in [6, 6.07) is 16.3. The standard InChI is InChI=1S/C18H22FN/c1-14-12-17(10-11-18(14)19)13-20-15(2)8-9-16-6-4-3-5-7-16/h3-7,10-12,15,20H,8-9,13H2,1-2H3. The molecule has 0 saturated heterocycles. The van der Waals surface area contributed by atoms with Gasteiger partial charge in [0, 0.05) is 12.6 Å². The molecule has 0 radical (unpaired) electrons. The van der Waals surface area contributed by atoms with E-state index in [1.807, 2.05) is 18.2 Å². The van der Waals surface area contributed by atoms with Crippen LogP contribution in [0.2, 0.25) is 0 Å². The van der Waals surface area contributed by atoms with E-state index in [1.54, 1.807) is 13.0 Å². The molecule has 1 nitrogen and oxygen atoms in total. The van der Waals surface area contributed by atoms with E-state index in [-0.39, 0.29) is 5.82 Å². The summed E-state index contributed by atoms with van der Waals surface area (Å²) in [4.78, 5) is 0. The van der Waals surface area contributed by atoms with Crippen LogP contribution in [0.15, 0.2) is 48.5 Å². The molecular weight excluding hydrogens is 249 g/mol. The highest BCUT2D eigenvalue weighted by atomic mass is 19.1. The van der Waals surface area contributed by atoms with Crippen LogP contribution in [0.4, 0.5) is 4.39 Å². The van der Waals surface area contributed by atoms with Crippen LogP contribution in [0.25, 0.3) is 0 Å². The summed E-state index contributed by atoms with van der Waals surface area (Å²) in [6.45, 7) is 4.79. The van der Waals surface area contributed by atoms with Crippen molar-refractivity contribution in [3.8, 4) is 0 Å². The van der Waals surface area contributed by atoms with Crippen molar-refractivity contribution in [3.05, 3.63) is 71.0 Å². The number of nitrogens with one attached hydrogen (secondary N) is 1. The number of halogens is 1. The average Bonchev–Trinajstić information content (AvgIpc) is 2.47. The summed E-state index contributed by atoms with van der Waals surface area (Å²) in [7, 11) is 0. The van der Waals surface area contributed by atoms with Crippen LogP contribution in [0, 0.1) is 12.7 Å². The minimum atomic E-state index is -0.133. The molecule has 2 heteroatoms. The second-order valence-corrected chi connectivity index (χ2v) is 5.39. The van der Waals surface area contributed by atoms with Crippen LogP contribution in [0.5, 0.6) is 0 Å². The van der Waals surface area contributed by atoms with Crippen LogP contribution in [-0.4, -0.2) is 6.04 Å². The van der Waals surface area contributed by atoms with E-state index in [2.05, 4.69) is 36.5 Å². The topological polar surface area (TPSA) is 12.0 Å². The van der Waals surface area contributed by atoms with Crippen molar-refractivity contribution in [2.45, 2.75) is 39.3 Å². The molecule has 1 N–H and O–H groups in total.